The smallest absolute Gasteiger partial charge is 0.0462 e. The van der Waals surface area contributed by atoms with Gasteiger partial charge in [-0.3, -0.25) is 4.90 Å². The first kappa shape index (κ1) is 11.1. The molecule has 2 heterocycles. The molecule has 2 aromatic rings. The number of fused-ring (bicyclic) bond motifs is 2. The fourth-order valence-electron chi connectivity index (χ4n) is 3.63. The van der Waals surface area contributed by atoms with Crippen molar-refractivity contribution in [3.8, 4) is 0 Å². The minimum absolute atomic E-state index is 0.465. The van der Waals surface area contributed by atoms with Crippen LogP contribution in [0.4, 0.5) is 0 Å². The predicted molar refractivity (Wildman–Crippen MR) is 80.1 cm³/mol. The normalized spacial score (nSPS) is 26.1. The molecular formula is C17H18N2. The van der Waals surface area contributed by atoms with Crippen LogP contribution in [0.5, 0.6) is 0 Å². The van der Waals surface area contributed by atoms with Crippen LogP contribution >= 0.6 is 0 Å². The van der Waals surface area contributed by atoms with Crippen LogP contribution in [0.25, 0.3) is 16.5 Å². The van der Waals surface area contributed by atoms with Crippen LogP contribution in [-0.4, -0.2) is 29.5 Å². The molecule has 2 unspecified atom stereocenters. The van der Waals surface area contributed by atoms with Gasteiger partial charge in [-0.05, 0) is 36.2 Å². The molecule has 1 aliphatic carbocycles. The molecule has 2 nitrogen and oxygen atoms in total. The Balaban J connectivity index is 1.99. The number of aromatic amines is 1. The summed E-state index contributed by atoms with van der Waals surface area (Å²) in [6.45, 7) is 5.04. The molecule has 2 aliphatic rings. The highest BCUT2D eigenvalue weighted by Crippen LogP contribution is 2.40. The number of hydrogen-bond acceptors (Lipinski definition) is 1. The molecule has 1 aromatic heterocycles. The highest BCUT2D eigenvalue weighted by atomic mass is 15.1. The van der Waals surface area contributed by atoms with Crippen molar-refractivity contribution in [3.63, 3.8) is 0 Å². The van der Waals surface area contributed by atoms with Gasteiger partial charge in [0.05, 0.1) is 0 Å². The van der Waals surface area contributed by atoms with Gasteiger partial charge in [0.15, 0.2) is 0 Å². The molecule has 96 valence electrons. The lowest BCUT2D eigenvalue weighted by Crippen LogP contribution is -2.42. The minimum atomic E-state index is 0.465. The molecular weight excluding hydrogens is 232 g/mol. The standard InChI is InChI=1S/C17H18N2/c1-3-11-7-14-13-5-4-6-15-17(13)12(9-18-15)8-16(14)19(2)10-11/h3-7,9,11,16,18H,1,8,10H2,2H3. The summed E-state index contributed by atoms with van der Waals surface area (Å²) >= 11 is 0. The van der Waals surface area contributed by atoms with Gasteiger partial charge in [-0.15, -0.1) is 6.58 Å². The summed E-state index contributed by atoms with van der Waals surface area (Å²) in [5, 5.41) is 1.42. The van der Waals surface area contributed by atoms with Crippen LogP contribution < -0.4 is 0 Å². The molecule has 0 amide bonds. The van der Waals surface area contributed by atoms with E-state index in [2.05, 4.69) is 60.1 Å². The van der Waals surface area contributed by atoms with Gasteiger partial charge in [0.1, 0.15) is 0 Å². The number of nitrogens with one attached hydrogen (secondary N) is 1. The van der Waals surface area contributed by atoms with Gasteiger partial charge in [-0.2, -0.15) is 0 Å². The number of nitrogens with zero attached hydrogens (tertiary/aromatic N) is 1. The molecule has 0 saturated heterocycles. The fourth-order valence-corrected chi connectivity index (χ4v) is 3.63. The second kappa shape index (κ2) is 3.84. The first-order chi connectivity index (χ1) is 9.28. The zero-order valence-electron chi connectivity index (χ0n) is 11.2. The van der Waals surface area contributed by atoms with E-state index in [9.17, 15) is 0 Å². The van der Waals surface area contributed by atoms with E-state index in [1.54, 1.807) is 0 Å². The van der Waals surface area contributed by atoms with E-state index in [1.165, 1.54) is 27.6 Å². The first-order valence-electron chi connectivity index (χ1n) is 6.92. The van der Waals surface area contributed by atoms with Crippen molar-refractivity contribution in [2.24, 2.45) is 5.92 Å². The van der Waals surface area contributed by atoms with E-state index in [0.717, 1.165) is 13.0 Å². The summed E-state index contributed by atoms with van der Waals surface area (Å²) in [6.07, 6.45) is 7.77. The summed E-state index contributed by atoms with van der Waals surface area (Å²) in [5.74, 6) is 0.465. The van der Waals surface area contributed by atoms with Crippen LogP contribution in [0.2, 0.25) is 0 Å². The van der Waals surface area contributed by atoms with Crippen molar-refractivity contribution in [2.75, 3.05) is 13.6 Å². The third-order valence-electron chi connectivity index (χ3n) is 4.60. The Bertz CT molecular complexity index is 692. The van der Waals surface area contributed by atoms with Crippen molar-refractivity contribution in [1.29, 1.82) is 0 Å². The summed E-state index contributed by atoms with van der Waals surface area (Å²) in [6, 6.07) is 7.10. The van der Waals surface area contributed by atoms with E-state index in [0.29, 0.717) is 12.0 Å². The van der Waals surface area contributed by atoms with Gasteiger partial charge in [-0.25, -0.2) is 0 Å². The molecule has 1 aromatic carbocycles. The van der Waals surface area contributed by atoms with Gasteiger partial charge in [0.2, 0.25) is 0 Å². The van der Waals surface area contributed by atoms with Crippen LogP contribution in [-0.2, 0) is 6.42 Å². The van der Waals surface area contributed by atoms with E-state index in [4.69, 9.17) is 0 Å². The number of aromatic nitrogens is 1. The number of rotatable bonds is 1. The van der Waals surface area contributed by atoms with E-state index in [-0.39, 0.29) is 0 Å². The maximum atomic E-state index is 3.96. The number of likely N-dealkylation sites (N-methyl/N-ethyl adjacent to an activating group) is 1. The van der Waals surface area contributed by atoms with Gasteiger partial charge >= 0.3 is 0 Å². The Morgan fingerprint density at radius 2 is 2.32 bits per heavy atom. The zero-order valence-corrected chi connectivity index (χ0v) is 11.2. The Labute approximate surface area is 113 Å². The highest BCUT2D eigenvalue weighted by Gasteiger charge is 2.32. The summed E-state index contributed by atoms with van der Waals surface area (Å²) < 4.78 is 0. The molecule has 1 N–H and O–H groups in total. The Kier molecular flexibility index (Phi) is 2.24. The minimum Gasteiger partial charge on any atom is -0.361 e. The van der Waals surface area contributed by atoms with E-state index >= 15 is 0 Å². The van der Waals surface area contributed by atoms with Crippen LogP contribution in [0, 0.1) is 5.92 Å². The molecule has 1 aliphatic heterocycles. The molecule has 2 atom stereocenters. The van der Waals surface area contributed by atoms with E-state index in [1.807, 2.05) is 0 Å². The zero-order chi connectivity index (χ0) is 13.0. The third kappa shape index (κ3) is 1.47. The fraction of sp³-hybridized carbons (Fsp3) is 0.294. The summed E-state index contributed by atoms with van der Waals surface area (Å²) in [7, 11) is 2.23. The molecule has 4 rings (SSSR count). The predicted octanol–water partition coefficient (Wildman–Crippen LogP) is 3.22. The second-order valence-electron chi connectivity index (χ2n) is 5.72. The van der Waals surface area contributed by atoms with Crippen molar-refractivity contribution in [2.45, 2.75) is 12.5 Å². The number of H-pyrrole nitrogens is 1. The first-order valence-corrected chi connectivity index (χ1v) is 6.92. The molecule has 19 heavy (non-hydrogen) atoms. The average Bonchev–Trinajstić information content (AvgIpc) is 2.85. The molecule has 2 heteroatoms. The quantitative estimate of drug-likeness (QED) is 0.770. The molecule has 0 fully saturated rings. The Hall–Kier alpha value is -1.80. The molecule has 0 saturated carbocycles. The van der Waals surface area contributed by atoms with Crippen molar-refractivity contribution in [1.82, 2.24) is 9.88 Å². The van der Waals surface area contributed by atoms with Gasteiger partial charge in [0, 0.05) is 35.6 Å². The third-order valence-corrected chi connectivity index (χ3v) is 4.60. The highest BCUT2D eigenvalue weighted by molar-refractivity contribution is 5.98. The average molecular weight is 250 g/mol. The van der Waals surface area contributed by atoms with Gasteiger partial charge < -0.3 is 4.98 Å². The lowest BCUT2D eigenvalue weighted by molar-refractivity contribution is 0.261. The topological polar surface area (TPSA) is 19.0 Å². The molecule has 0 radical (unpaired) electrons. The Morgan fingerprint density at radius 1 is 1.42 bits per heavy atom. The maximum absolute atomic E-state index is 3.96. The van der Waals surface area contributed by atoms with Crippen LogP contribution in [0.15, 0.2) is 43.1 Å². The van der Waals surface area contributed by atoms with Crippen molar-refractivity contribution >= 4 is 16.5 Å². The SMILES string of the molecule is C=CC1C=C2c3cccc4[nH]cc(c34)CC2N(C)C1. The largest absolute Gasteiger partial charge is 0.361 e. The molecule has 0 spiro atoms. The maximum Gasteiger partial charge on any atom is 0.0462 e. The van der Waals surface area contributed by atoms with E-state index < -0.39 is 0 Å². The lowest BCUT2D eigenvalue weighted by Gasteiger charge is -2.39. The van der Waals surface area contributed by atoms with Crippen LogP contribution in [0.3, 0.4) is 0 Å². The Morgan fingerprint density at radius 3 is 3.16 bits per heavy atom. The number of benzene rings is 1. The molecule has 0 bridgehead atoms. The van der Waals surface area contributed by atoms with Crippen molar-refractivity contribution < 1.29 is 0 Å². The second-order valence-corrected chi connectivity index (χ2v) is 5.72. The number of hydrogen-bond donors (Lipinski definition) is 1. The summed E-state index contributed by atoms with van der Waals surface area (Å²) in [5.41, 5.74) is 5.60. The van der Waals surface area contributed by atoms with Gasteiger partial charge in [-0.1, -0.05) is 24.3 Å². The summed E-state index contributed by atoms with van der Waals surface area (Å²) in [4.78, 5) is 5.87. The van der Waals surface area contributed by atoms with Crippen LogP contribution in [0.1, 0.15) is 11.1 Å². The lowest BCUT2D eigenvalue weighted by atomic mass is 9.80. The monoisotopic (exact) mass is 250 g/mol. The van der Waals surface area contributed by atoms with Crippen molar-refractivity contribution in [3.05, 3.63) is 54.3 Å². The van der Waals surface area contributed by atoms with Gasteiger partial charge in [0.25, 0.3) is 0 Å².